The average Bonchev–Trinajstić information content (AvgIpc) is 3.59. The van der Waals surface area contributed by atoms with Crippen molar-refractivity contribution in [3.05, 3.63) is 35.5 Å². The topological polar surface area (TPSA) is 121 Å². The highest BCUT2D eigenvalue weighted by Crippen LogP contribution is 2.28. The number of carbonyl (C=O) groups is 2. The molecule has 0 aliphatic carbocycles. The number of aryl methyl sites for hydroxylation is 1. The van der Waals surface area contributed by atoms with Gasteiger partial charge in [0.1, 0.15) is 11.9 Å². The number of aliphatic imine (C=N–C) groups is 1. The first kappa shape index (κ1) is 25.2. The summed E-state index contributed by atoms with van der Waals surface area (Å²) in [5.41, 5.74) is 15.3. The minimum Gasteiger partial charge on any atom is -0.384 e. The van der Waals surface area contributed by atoms with Gasteiger partial charge in [-0.05, 0) is 68.9 Å². The number of nitrogens with zero attached hydrogens (tertiary/aromatic N) is 3. The Labute approximate surface area is 208 Å². The number of nitrogens with one attached hydrogen (secondary N) is 1. The molecule has 1 aromatic heterocycles. The first-order valence-corrected chi connectivity index (χ1v) is 13.1. The largest absolute Gasteiger partial charge is 0.384 e. The van der Waals surface area contributed by atoms with Gasteiger partial charge >= 0.3 is 0 Å². The number of amidine groups is 1. The fourth-order valence-electron chi connectivity index (χ4n) is 5.45. The Balaban J connectivity index is 1.41. The molecule has 3 atom stereocenters. The Bertz CT molecular complexity index is 1090. The van der Waals surface area contributed by atoms with E-state index in [4.69, 9.17) is 11.5 Å². The number of rotatable bonds is 8. The number of amides is 2. The van der Waals surface area contributed by atoms with Gasteiger partial charge in [0.05, 0.1) is 6.04 Å². The third kappa shape index (κ3) is 5.37. The third-order valence-corrected chi connectivity index (χ3v) is 7.53. The molecule has 4 rings (SSSR count). The smallest absolute Gasteiger partial charge is 0.245 e. The summed E-state index contributed by atoms with van der Waals surface area (Å²) in [4.78, 5) is 38.0. The predicted molar refractivity (Wildman–Crippen MR) is 140 cm³/mol. The zero-order chi connectivity index (χ0) is 25.1. The molecule has 8 nitrogen and oxygen atoms in total. The summed E-state index contributed by atoms with van der Waals surface area (Å²) < 4.78 is 0. The number of H-pyrrole nitrogens is 1. The molecule has 190 valence electrons. The van der Waals surface area contributed by atoms with Crippen LogP contribution in [0.15, 0.2) is 29.3 Å². The number of hydrogen-bond donors (Lipinski definition) is 3. The van der Waals surface area contributed by atoms with Gasteiger partial charge in [0.2, 0.25) is 11.8 Å². The Morgan fingerprint density at radius 1 is 1.14 bits per heavy atom. The molecule has 3 heterocycles. The van der Waals surface area contributed by atoms with Gasteiger partial charge in [-0.25, -0.2) is 0 Å². The molecule has 0 bridgehead atoms. The van der Waals surface area contributed by atoms with E-state index in [1.54, 1.807) is 4.90 Å². The molecule has 0 unspecified atom stereocenters. The molecule has 2 fully saturated rings. The molecule has 0 radical (unpaired) electrons. The average molecular weight is 481 g/mol. The number of aromatic amines is 1. The van der Waals surface area contributed by atoms with Crippen LogP contribution in [-0.4, -0.2) is 70.2 Å². The Morgan fingerprint density at radius 3 is 2.63 bits per heavy atom. The van der Waals surface area contributed by atoms with Crippen LogP contribution in [0.1, 0.15) is 64.1 Å². The Hall–Kier alpha value is -2.87. The number of likely N-dealkylation sites (tertiary alicyclic amines) is 2. The molecule has 2 saturated heterocycles. The van der Waals surface area contributed by atoms with E-state index in [0.717, 1.165) is 67.2 Å². The van der Waals surface area contributed by atoms with Gasteiger partial charge in [-0.2, -0.15) is 0 Å². The lowest BCUT2D eigenvalue weighted by atomic mass is 10.0. The molecule has 5 N–H and O–H groups in total. The van der Waals surface area contributed by atoms with Crippen LogP contribution in [0.25, 0.3) is 10.9 Å². The van der Waals surface area contributed by atoms with Gasteiger partial charge in [-0.3, -0.25) is 14.6 Å². The van der Waals surface area contributed by atoms with E-state index >= 15 is 0 Å². The highest BCUT2D eigenvalue weighted by Gasteiger charge is 2.41. The summed E-state index contributed by atoms with van der Waals surface area (Å²) in [6, 6.07) is 7.59. The van der Waals surface area contributed by atoms with Crippen molar-refractivity contribution in [2.24, 2.45) is 22.4 Å². The maximum absolute atomic E-state index is 13.5. The van der Waals surface area contributed by atoms with E-state index in [2.05, 4.69) is 22.1 Å². The predicted octanol–water partition coefficient (Wildman–Crippen LogP) is 2.79. The highest BCUT2D eigenvalue weighted by molar-refractivity contribution is 6.00. The van der Waals surface area contributed by atoms with E-state index in [1.165, 1.54) is 0 Å². The van der Waals surface area contributed by atoms with Gasteiger partial charge in [0.25, 0.3) is 0 Å². The van der Waals surface area contributed by atoms with Crippen LogP contribution in [0.2, 0.25) is 0 Å². The number of benzene rings is 1. The van der Waals surface area contributed by atoms with Crippen molar-refractivity contribution >= 4 is 28.6 Å². The fraction of sp³-hybridized carbons (Fsp3) is 0.593. The molecule has 2 aromatic rings. The van der Waals surface area contributed by atoms with Crippen LogP contribution in [-0.2, 0) is 16.0 Å². The fourth-order valence-corrected chi connectivity index (χ4v) is 5.45. The Kier molecular flexibility index (Phi) is 7.79. The van der Waals surface area contributed by atoms with E-state index in [-0.39, 0.29) is 29.8 Å². The summed E-state index contributed by atoms with van der Waals surface area (Å²) >= 11 is 0. The first-order valence-electron chi connectivity index (χ1n) is 13.1. The lowest BCUT2D eigenvalue weighted by Gasteiger charge is -2.33. The van der Waals surface area contributed by atoms with Gasteiger partial charge in [0, 0.05) is 42.5 Å². The van der Waals surface area contributed by atoms with Gasteiger partial charge in [-0.15, -0.1) is 0 Å². The van der Waals surface area contributed by atoms with Crippen LogP contribution in [0, 0.1) is 5.92 Å². The molecule has 2 amide bonds. The minimum absolute atomic E-state index is 0.0566. The number of carbonyl (C=O) groups excluding carboxylic acids is 2. The van der Waals surface area contributed by atoms with E-state index in [0.29, 0.717) is 18.9 Å². The summed E-state index contributed by atoms with van der Waals surface area (Å²) in [7, 11) is 0. The quantitative estimate of drug-likeness (QED) is 0.397. The van der Waals surface area contributed by atoms with Crippen molar-refractivity contribution in [1.82, 2.24) is 14.8 Å². The van der Waals surface area contributed by atoms with Crippen LogP contribution < -0.4 is 11.5 Å². The first-order chi connectivity index (χ1) is 16.8. The molecule has 8 heteroatoms. The van der Waals surface area contributed by atoms with Crippen molar-refractivity contribution < 1.29 is 9.59 Å². The van der Waals surface area contributed by atoms with Gasteiger partial charge < -0.3 is 26.3 Å². The maximum atomic E-state index is 13.5. The van der Waals surface area contributed by atoms with Crippen molar-refractivity contribution in [2.75, 3.05) is 19.6 Å². The molecule has 2 aliphatic heterocycles. The monoisotopic (exact) mass is 480 g/mol. The normalized spacial score (nSPS) is 21.9. The zero-order valence-electron chi connectivity index (χ0n) is 21.3. The van der Waals surface area contributed by atoms with Gasteiger partial charge in [-0.1, -0.05) is 26.0 Å². The van der Waals surface area contributed by atoms with E-state index in [1.807, 2.05) is 37.8 Å². The van der Waals surface area contributed by atoms with Crippen molar-refractivity contribution in [1.29, 1.82) is 0 Å². The lowest BCUT2D eigenvalue weighted by Crippen LogP contribution is -2.54. The number of hydrogen-bond acceptors (Lipinski definition) is 4. The number of nitrogens with two attached hydrogens (primary N) is 2. The SMILES string of the molecule is CCN=C(N)c1ccc2cc(CC[C@@H]3CCCN3C(=O)[C@H]3CCCN3C(=O)[C@@H](N)C(C)C)[nH]c2c1. The van der Waals surface area contributed by atoms with Gasteiger partial charge in [0.15, 0.2) is 0 Å². The second-order valence-electron chi connectivity index (χ2n) is 10.3. The molecule has 0 saturated carbocycles. The molecule has 1 aromatic carbocycles. The highest BCUT2D eigenvalue weighted by atomic mass is 16.2. The van der Waals surface area contributed by atoms with Crippen molar-refractivity contribution in [2.45, 2.75) is 77.4 Å². The molecular formula is C27H40N6O2. The second kappa shape index (κ2) is 10.8. The summed E-state index contributed by atoms with van der Waals surface area (Å²) in [5.74, 6) is 0.621. The molecule has 35 heavy (non-hydrogen) atoms. The Morgan fingerprint density at radius 2 is 1.89 bits per heavy atom. The van der Waals surface area contributed by atoms with Crippen molar-refractivity contribution in [3.63, 3.8) is 0 Å². The summed E-state index contributed by atoms with van der Waals surface area (Å²) in [5, 5.41) is 1.15. The van der Waals surface area contributed by atoms with Crippen LogP contribution in [0.3, 0.4) is 0 Å². The van der Waals surface area contributed by atoms with Crippen molar-refractivity contribution in [3.8, 4) is 0 Å². The standard InChI is InChI=1S/C27H40N6O2/c1-4-30-25(29)19-10-9-18-15-20(31-22(18)16-19)11-12-21-7-5-13-32(21)26(34)23-8-6-14-33(23)27(35)24(28)17(2)3/h9-10,15-17,21,23-24,31H,4-8,11-14,28H2,1-3H3,(H2,29,30)/t21-,23+,24-/m0/s1. The van der Waals surface area contributed by atoms with Crippen LogP contribution >= 0.6 is 0 Å². The van der Waals surface area contributed by atoms with E-state index in [9.17, 15) is 9.59 Å². The zero-order valence-corrected chi connectivity index (χ0v) is 21.3. The summed E-state index contributed by atoms with van der Waals surface area (Å²) in [6.07, 6.45) is 5.37. The number of aromatic nitrogens is 1. The van der Waals surface area contributed by atoms with Crippen LogP contribution in [0.4, 0.5) is 0 Å². The van der Waals surface area contributed by atoms with E-state index < -0.39 is 6.04 Å². The maximum Gasteiger partial charge on any atom is 0.245 e. The summed E-state index contributed by atoms with van der Waals surface area (Å²) in [6.45, 7) is 7.92. The lowest BCUT2D eigenvalue weighted by molar-refractivity contribution is -0.145. The second-order valence-corrected chi connectivity index (χ2v) is 10.3. The third-order valence-electron chi connectivity index (χ3n) is 7.53. The molecule has 0 spiro atoms. The minimum atomic E-state index is -0.552. The van der Waals surface area contributed by atoms with Crippen LogP contribution in [0.5, 0.6) is 0 Å². The molecule has 2 aliphatic rings. The molecular weight excluding hydrogens is 440 g/mol. The number of fused-ring (bicyclic) bond motifs is 1.